The molecule has 0 bridgehead atoms. The number of hydrogen-bond donors (Lipinski definition) is 0. The van der Waals surface area contributed by atoms with Crippen molar-refractivity contribution in [1.29, 1.82) is 0 Å². The average Bonchev–Trinajstić information content (AvgIpc) is 3.17. The number of anilines is 1. The fourth-order valence-corrected chi connectivity index (χ4v) is 4.30. The van der Waals surface area contributed by atoms with Gasteiger partial charge in [-0.3, -0.25) is 0 Å². The van der Waals surface area contributed by atoms with Gasteiger partial charge in [0.25, 0.3) is 0 Å². The summed E-state index contributed by atoms with van der Waals surface area (Å²) >= 11 is 7.68. The normalized spacial score (nSPS) is 17.3. The van der Waals surface area contributed by atoms with Crippen molar-refractivity contribution in [2.45, 2.75) is 26.4 Å². The van der Waals surface area contributed by atoms with Gasteiger partial charge in [0.15, 0.2) is 5.13 Å². The Balaban J connectivity index is 1.63. The van der Waals surface area contributed by atoms with E-state index in [1.54, 1.807) is 11.3 Å². The lowest BCUT2D eigenvalue weighted by Gasteiger charge is -2.35. The van der Waals surface area contributed by atoms with Gasteiger partial charge in [-0.25, -0.2) is 4.98 Å². The third-order valence-corrected chi connectivity index (χ3v) is 5.70. The summed E-state index contributed by atoms with van der Waals surface area (Å²) in [6.07, 6.45) is 0. The third kappa shape index (κ3) is 2.56. The molecule has 0 aliphatic carbocycles. The molecule has 0 fully saturated rings. The first-order chi connectivity index (χ1) is 11.1. The molecule has 1 aliphatic heterocycles. The molecule has 0 radical (unpaired) electrons. The highest BCUT2D eigenvalue weighted by molar-refractivity contribution is 7.14. The maximum absolute atomic E-state index is 5.97. The first-order valence-corrected chi connectivity index (χ1v) is 9.03. The summed E-state index contributed by atoms with van der Waals surface area (Å²) in [5, 5.41) is 3.97. The summed E-state index contributed by atoms with van der Waals surface area (Å²) < 4.78 is 2.41. The lowest BCUT2D eigenvalue weighted by Crippen LogP contribution is -2.36. The molecule has 0 saturated carbocycles. The Labute approximate surface area is 145 Å². The Kier molecular flexibility index (Phi) is 3.66. The molecule has 0 spiro atoms. The van der Waals surface area contributed by atoms with Gasteiger partial charge in [0.1, 0.15) is 0 Å². The van der Waals surface area contributed by atoms with Crippen LogP contribution in [0.5, 0.6) is 0 Å². The summed E-state index contributed by atoms with van der Waals surface area (Å²) in [6, 6.07) is 12.7. The zero-order valence-electron chi connectivity index (χ0n) is 13.2. The molecule has 3 nitrogen and oxygen atoms in total. The standard InChI is InChI=1S/C18H18ClN3S/c1-12-3-8-17-13(2)22(10-9-21(12)17)18-20-16(11-23-18)14-4-6-15(19)7-5-14/h3-8,11,13H,9-10H2,1-2H3. The molecular weight excluding hydrogens is 326 g/mol. The van der Waals surface area contributed by atoms with Crippen LogP contribution in [-0.4, -0.2) is 16.1 Å². The Hall–Kier alpha value is -1.78. The van der Waals surface area contributed by atoms with Gasteiger partial charge in [-0.1, -0.05) is 23.7 Å². The molecule has 1 aromatic carbocycles. The smallest absolute Gasteiger partial charge is 0.186 e. The van der Waals surface area contributed by atoms with E-state index in [-0.39, 0.29) is 0 Å². The summed E-state index contributed by atoms with van der Waals surface area (Å²) in [4.78, 5) is 7.26. The van der Waals surface area contributed by atoms with Crippen molar-refractivity contribution in [3.05, 3.63) is 58.2 Å². The van der Waals surface area contributed by atoms with Gasteiger partial charge in [0.2, 0.25) is 0 Å². The number of benzene rings is 1. The van der Waals surface area contributed by atoms with Crippen molar-refractivity contribution in [2.75, 3.05) is 11.4 Å². The second kappa shape index (κ2) is 5.69. The van der Waals surface area contributed by atoms with E-state index in [0.717, 1.165) is 34.5 Å². The summed E-state index contributed by atoms with van der Waals surface area (Å²) in [5.74, 6) is 0. The molecule has 0 saturated heterocycles. The van der Waals surface area contributed by atoms with E-state index in [0.29, 0.717) is 6.04 Å². The quantitative estimate of drug-likeness (QED) is 0.641. The number of aryl methyl sites for hydroxylation is 1. The van der Waals surface area contributed by atoms with Crippen molar-refractivity contribution < 1.29 is 0 Å². The molecule has 118 valence electrons. The van der Waals surface area contributed by atoms with E-state index >= 15 is 0 Å². The van der Waals surface area contributed by atoms with Crippen LogP contribution in [0.3, 0.4) is 0 Å². The molecule has 5 heteroatoms. The zero-order valence-corrected chi connectivity index (χ0v) is 14.7. The van der Waals surface area contributed by atoms with E-state index in [4.69, 9.17) is 16.6 Å². The number of hydrogen-bond acceptors (Lipinski definition) is 3. The minimum absolute atomic E-state index is 0.349. The molecule has 1 unspecified atom stereocenters. The molecular formula is C18H18ClN3S. The minimum atomic E-state index is 0.349. The topological polar surface area (TPSA) is 21.1 Å². The van der Waals surface area contributed by atoms with Crippen LogP contribution in [-0.2, 0) is 6.54 Å². The van der Waals surface area contributed by atoms with E-state index in [9.17, 15) is 0 Å². The SMILES string of the molecule is Cc1ccc2n1CCN(c1nc(-c3ccc(Cl)cc3)cs1)C2C. The van der Waals surface area contributed by atoms with Gasteiger partial charge >= 0.3 is 0 Å². The van der Waals surface area contributed by atoms with Crippen molar-refractivity contribution >= 4 is 28.1 Å². The summed E-state index contributed by atoms with van der Waals surface area (Å²) in [5.41, 5.74) is 4.84. The van der Waals surface area contributed by atoms with Crippen LogP contribution in [0, 0.1) is 6.92 Å². The lowest BCUT2D eigenvalue weighted by atomic mass is 10.1. The first kappa shape index (κ1) is 14.8. The molecule has 2 aromatic heterocycles. The zero-order chi connectivity index (χ0) is 16.0. The Bertz CT molecular complexity index is 834. The number of nitrogens with zero attached hydrogens (tertiary/aromatic N) is 3. The number of rotatable bonds is 2. The third-order valence-electron chi connectivity index (χ3n) is 4.57. The van der Waals surface area contributed by atoms with Crippen molar-refractivity contribution in [3.8, 4) is 11.3 Å². The van der Waals surface area contributed by atoms with E-state index in [1.807, 2.05) is 24.3 Å². The summed E-state index contributed by atoms with van der Waals surface area (Å²) in [6.45, 7) is 6.45. The predicted octanol–water partition coefficient (Wildman–Crippen LogP) is 5.15. The van der Waals surface area contributed by atoms with Crippen molar-refractivity contribution in [2.24, 2.45) is 0 Å². The van der Waals surface area contributed by atoms with Crippen LogP contribution in [0.2, 0.25) is 5.02 Å². The van der Waals surface area contributed by atoms with Crippen LogP contribution in [0.4, 0.5) is 5.13 Å². The fourth-order valence-electron chi connectivity index (χ4n) is 3.23. The molecule has 0 N–H and O–H groups in total. The van der Waals surface area contributed by atoms with E-state index < -0.39 is 0 Å². The van der Waals surface area contributed by atoms with Crippen LogP contribution < -0.4 is 4.90 Å². The number of thiazole rings is 1. The van der Waals surface area contributed by atoms with Gasteiger partial charge in [0.05, 0.1) is 11.7 Å². The van der Waals surface area contributed by atoms with Gasteiger partial charge in [-0.15, -0.1) is 11.3 Å². The molecule has 1 aliphatic rings. The molecule has 3 heterocycles. The van der Waals surface area contributed by atoms with Crippen LogP contribution in [0.25, 0.3) is 11.3 Å². The molecule has 0 amide bonds. The molecule has 3 aromatic rings. The highest BCUT2D eigenvalue weighted by atomic mass is 35.5. The van der Waals surface area contributed by atoms with Gasteiger partial charge in [0, 0.05) is 40.4 Å². The Morgan fingerprint density at radius 3 is 2.70 bits per heavy atom. The lowest BCUT2D eigenvalue weighted by molar-refractivity contribution is 0.502. The van der Waals surface area contributed by atoms with Gasteiger partial charge in [-0.2, -0.15) is 0 Å². The number of fused-ring (bicyclic) bond motifs is 1. The number of halogens is 1. The van der Waals surface area contributed by atoms with Gasteiger partial charge < -0.3 is 9.47 Å². The van der Waals surface area contributed by atoms with E-state index in [2.05, 4.69) is 40.8 Å². The average molecular weight is 344 g/mol. The second-order valence-electron chi connectivity index (χ2n) is 5.94. The second-order valence-corrected chi connectivity index (χ2v) is 7.22. The largest absolute Gasteiger partial charge is 0.345 e. The van der Waals surface area contributed by atoms with Crippen molar-refractivity contribution in [1.82, 2.24) is 9.55 Å². The Morgan fingerprint density at radius 2 is 1.91 bits per heavy atom. The fraction of sp³-hybridized carbons (Fsp3) is 0.278. The molecule has 4 rings (SSSR count). The highest BCUT2D eigenvalue weighted by Gasteiger charge is 2.26. The minimum Gasteiger partial charge on any atom is -0.345 e. The van der Waals surface area contributed by atoms with Gasteiger partial charge in [-0.05, 0) is 38.1 Å². The monoisotopic (exact) mass is 343 g/mol. The first-order valence-electron chi connectivity index (χ1n) is 7.77. The molecule has 1 atom stereocenters. The van der Waals surface area contributed by atoms with Crippen molar-refractivity contribution in [3.63, 3.8) is 0 Å². The maximum Gasteiger partial charge on any atom is 0.186 e. The maximum atomic E-state index is 5.97. The van der Waals surface area contributed by atoms with Crippen LogP contribution in [0.15, 0.2) is 41.8 Å². The van der Waals surface area contributed by atoms with Crippen LogP contribution in [0.1, 0.15) is 24.4 Å². The van der Waals surface area contributed by atoms with Crippen LogP contribution >= 0.6 is 22.9 Å². The molecule has 23 heavy (non-hydrogen) atoms. The predicted molar refractivity (Wildman–Crippen MR) is 97.5 cm³/mol. The van der Waals surface area contributed by atoms with E-state index in [1.165, 1.54) is 11.4 Å². The number of aromatic nitrogens is 2. The summed E-state index contributed by atoms with van der Waals surface area (Å²) in [7, 11) is 0. The Morgan fingerprint density at radius 1 is 1.13 bits per heavy atom. The highest BCUT2D eigenvalue weighted by Crippen LogP contribution is 2.35.